The van der Waals surface area contributed by atoms with Gasteiger partial charge >= 0.3 is 0 Å². The number of hydrogen-bond acceptors (Lipinski definition) is 0. The summed E-state index contributed by atoms with van der Waals surface area (Å²) in [6.45, 7) is 0. The molecule has 0 saturated carbocycles. The van der Waals surface area contributed by atoms with Crippen molar-refractivity contribution in [3.05, 3.63) is 0 Å². The minimum atomic E-state index is 0. The van der Waals surface area contributed by atoms with Gasteiger partial charge in [0.1, 0.15) is 0 Å². The maximum absolute atomic E-state index is 0. The Morgan fingerprint density at radius 2 is 1.00 bits per heavy atom. The summed E-state index contributed by atoms with van der Waals surface area (Å²) in [5.41, 5.74) is 0. The molecule has 0 spiro atoms. The summed E-state index contributed by atoms with van der Waals surface area (Å²) in [4.78, 5) is 0. The zero-order valence-corrected chi connectivity index (χ0v) is 16.5. The van der Waals surface area contributed by atoms with Crippen molar-refractivity contribution in [2.75, 3.05) is 0 Å². The van der Waals surface area contributed by atoms with Crippen LogP contribution in [0.5, 0.6) is 0 Å². The number of rotatable bonds is 0. The Morgan fingerprint density at radius 1 is 1.00 bits per heavy atom. The summed E-state index contributed by atoms with van der Waals surface area (Å²) in [5.74, 6) is 0. The second-order valence-electron chi connectivity index (χ2n) is 0. The van der Waals surface area contributed by atoms with Crippen molar-refractivity contribution >= 4 is 28.3 Å². The SMILES string of the molecule is C.[Al].[Co].[Cr].[Cu].[Mn].[Mo].[Ni].[Si].[Zn]. The monoisotopic (exact) mass is 520 g/mol. The molecule has 0 bridgehead atoms. The quantitative estimate of drug-likeness (QED) is 0.391. The van der Waals surface area contributed by atoms with E-state index in [1.165, 1.54) is 0 Å². The summed E-state index contributed by atoms with van der Waals surface area (Å²) in [7, 11) is 0. The van der Waals surface area contributed by atoms with E-state index in [2.05, 4.69) is 0 Å². The minimum absolute atomic E-state index is 0. The molecule has 9 heteroatoms. The van der Waals surface area contributed by atoms with Crippen molar-refractivity contribution in [1.29, 1.82) is 0 Å². The molecule has 0 fully saturated rings. The first-order chi connectivity index (χ1) is 0. The van der Waals surface area contributed by atoms with Gasteiger partial charge in [0, 0.05) is 154 Å². The van der Waals surface area contributed by atoms with Crippen LogP contribution in [0.4, 0.5) is 0 Å². The third kappa shape index (κ3) is 79.7. The van der Waals surface area contributed by atoms with Crippen LogP contribution in [0, 0.1) is 0 Å². The predicted molar refractivity (Wildman–Crippen MR) is 18.2 cm³/mol. The topological polar surface area (TPSA) is 0 Å². The van der Waals surface area contributed by atoms with E-state index in [1.54, 1.807) is 0 Å². The van der Waals surface area contributed by atoms with Gasteiger partial charge in [-0.3, -0.25) is 0 Å². The van der Waals surface area contributed by atoms with Crippen LogP contribution in [0.25, 0.3) is 0 Å². The molecule has 0 rings (SSSR count). The van der Waals surface area contributed by atoms with Crippen molar-refractivity contribution < 1.29 is 125 Å². The Hall–Kier alpha value is 4.63. The van der Waals surface area contributed by atoms with Gasteiger partial charge in [0.15, 0.2) is 0 Å². The van der Waals surface area contributed by atoms with E-state index in [0.717, 1.165) is 0 Å². The fourth-order valence-corrected chi connectivity index (χ4v) is 0. The normalized spacial score (nSPS) is 0. The molecule has 0 heterocycles. The van der Waals surface area contributed by atoms with Gasteiger partial charge in [-0.05, 0) is 0 Å². The van der Waals surface area contributed by atoms with Gasteiger partial charge in [0.05, 0.1) is 0 Å². The Kier molecular flexibility index (Phi) is 1280. The Morgan fingerprint density at radius 3 is 1.00 bits per heavy atom. The Balaban J connectivity index is 0. The molecule has 0 amide bonds. The fraction of sp³-hybridized carbons (Fsp3) is 1.00. The van der Waals surface area contributed by atoms with Crippen molar-refractivity contribution in [3.63, 3.8) is 0 Å². The molecule has 0 saturated heterocycles. The van der Waals surface area contributed by atoms with Gasteiger partial charge in [-0.15, -0.1) is 0 Å². The zero-order chi connectivity index (χ0) is 0. The second kappa shape index (κ2) is 101. The predicted octanol–water partition coefficient (Wildman–Crippen LogP) is -0.143. The zero-order valence-electron chi connectivity index (χ0n) is 3.93. The van der Waals surface area contributed by atoms with E-state index in [4.69, 9.17) is 0 Å². The molecule has 0 aromatic carbocycles. The van der Waals surface area contributed by atoms with Crippen LogP contribution in [0.15, 0.2) is 0 Å². The first-order valence-electron chi connectivity index (χ1n) is 0. The molecule has 0 aliphatic rings. The van der Waals surface area contributed by atoms with Crippen molar-refractivity contribution in [2.45, 2.75) is 7.43 Å². The van der Waals surface area contributed by atoms with Crippen molar-refractivity contribution in [3.8, 4) is 0 Å². The Labute approximate surface area is 158 Å². The average molecular weight is 521 g/mol. The fourth-order valence-electron chi connectivity index (χ4n) is 0. The third-order valence-corrected chi connectivity index (χ3v) is 0. The van der Waals surface area contributed by atoms with E-state index in [0.29, 0.717) is 0 Å². The average Bonchev–Trinajstić information content (AvgIpc) is 0. The molecule has 0 aliphatic carbocycles. The van der Waals surface area contributed by atoms with Gasteiger partial charge in [0.2, 0.25) is 0 Å². The van der Waals surface area contributed by atoms with E-state index in [9.17, 15) is 0 Å². The summed E-state index contributed by atoms with van der Waals surface area (Å²) in [6, 6.07) is 0. The van der Waals surface area contributed by atoms with Crippen LogP contribution in [0.3, 0.4) is 0 Å². The van der Waals surface area contributed by atoms with Crippen molar-refractivity contribution in [2.24, 2.45) is 0 Å². The molecule has 0 aromatic heterocycles. The van der Waals surface area contributed by atoms with E-state index >= 15 is 0 Å². The van der Waals surface area contributed by atoms with Crippen molar-refractivity contribution in [1.82, 2.24) is 0 Å². The molecule has 0 unspecified atom stereocenters. The molecule has 0 aromatic rings. The van der Waals surface area contributed by atoms with Crippen LogP contribution in [-0.2, 0) is 125 Å². The van der Waals surface area contributed by atoms with Gasteiger partial charge in [-0.2, -0.15) is 0 Å². The minimum Gasteiger partial charge on any atom is -0.0776 e. The maximum atomic E-state index is 0. The van der Waals surface area contributed by atoms with E-state index in [1.807, 2.05) is 0 Å². The molecule has 0 nitrogen and oxygen atoms in total. The first kappa shape index (κ1) is 127. The van der Waals surface area contributed by atoms with Crippen LogP contribution in [-0.4, -0.2) is 28.3 Å². The van der Waals surface area contributed by atoms with Gasteiger partial charge in [-0.25, -0.2) is 0 Å². The van der Waals surface area contributed by atoms with E-state index < -0.39 is 0 Å². The summed E-state index contributed by atoms with van der Waals surface area (Å²) in [6.07, 6.45) is 0. The molecule has 0 N–H and O–H groups in total. The van der Waals surface area contributed by atoms with Crippen LogP contribution < -0.4 is 0 Å². The largest absolute Gasteiger partial charge is 0.0776 e. The molecule has 0 atom stereocenters. The second-order valence-corrected chi connectivity index (χ2v) is 0. The molecular weight excluding hydrogens is 517 g/mol. The standard InChI is InChI=1S/CH4.Al.Co.Cr.Cu.Mn.Mo.Ni.Si.Zn/h1H4;;;;;;;;;. The van der Waals surface area contributed by atoms with Crippen LogP contribution in [0.2, 0.25) is 0 Å². The smallest absolute Gasteiger partial charge is 0 e. The van der Waals surface area contributed by atoms with Gasteiger partial charge in [0.25, 0.3) is 0 Å². The maximum Gasteiger partial charge on any atom is 0 e. The van der Waals surface area contributed by atoms with E-state index in [-0.39, 0.29) is 161 Å². The molecule has 10 radical (unpaired) electrons. The third-order valence-electron chi connectivity index (χ3n) is 0. The molecule has 66 valence electrons. The number of hydrogen-bond donors (Lipinski definition) is 0. The molecule has 10 heavy (non-hydrogen) atoms. The summed E-state index contributed by atoms with van der Waals surface area (Å²) < 4.78 is 0. The van der Waals surface area contributed by atoms with Gasteiger partial charge < -0.3 is 0 Å². The molecule has 0 aliphatic heterocycles. The van der Waals surface area contributed by atoms with Crippen LogP contribution >= 0.6 is 0 Å². The summed E-state index contributed by atoms with van der Waals surface area (Å²) in [5, 5.41) is 0. The van der Waals surface area contributed by atoms with Crippen LogP contribution in [0.1, 0.15) is 7.43 Å². The van der Waals surface area contributed by atoms with Gasteiger partial charge in [-0.1, -0.05) is 7.43 Å². The Bertz CT molecular complexity index is 33.2. The summed E-state index contributed by atoms with van der Waals surface area (Å²) >= 11 is 0. The first-order valence-corrected chi connectivity index (χ1v) is 0. The molecular formula is CH4AlCoCrCuMnMoNiSiZn.